The summed E-state index contributed by atoms with van der Waals surface area (Å²) in [5, 5.41) is 5.94. The van der Waals surface area contributed by atoms with Gasteiger partial charge in [0.05, 0.1) is 10.7 Å². The monoisotopic (exact) mass is 298 g/mol. The lowest BCUT2D eigenvalue weighted by Gasteiger charge is -2.09. The highest BCUT2D eigenvalue weighted by Crippen LogP contribution is 2.33. The molecule has 1 atom stereocenters. The number of para-hydroxylation sites is 1. The highest BCUT2D eigenvalue weighted by Gasteiger charge is 2.15. The van der Waals surface area contributed by atoms with E-state index >= 15 is 0 Å². The number of nitrogens with zero attached hydrogens (tertiary/aromatic N) is 1. The molecule has 0 amide bonds. The Kier molecular flexibility index (Phi) is 5.03. The van der Waals surface area contributed by atoms with Crippen LogP contribution in [0.3, 0.4) is 0 Å². The molecule has 1 unspecified atom stereocenters. The molecule has 6 heteroatoms. The van der Waals surface area contributed by atoms with E-state index in [2.05, 4.69) is 22.0 Å². The van der Waals surface area contributed by atoms with Gasteiger partial charge in [-0.15, -0.1) is 11.3 Å². The molecule has 0 aliphatic rings. The molecule has 0 spiro atoms. The van der Waals surface area contributed by atoms with Crippen molar-refractivity contribution in [2.24, 2.45) is 0 Å². The molecule has 0 aliphatic carbocycles. The quantitative estimate of drug-likeness (QED) is 0.882. The van der Waals surface area contributed by atoms with Crippen LogP contribution in [0.1, 0.15) is 17.8 Å². The lowest BCUT2D eigenvalue weighted by atomic mass is 10.1. The summed E-state index contributed by atoms with van der Waals surface area (Å²) in [6.07, 6.45) is 0. The Labute approximate surface area is 120 Å². The zero-order valence-electron chi connectivity index (χ0n) is 11.3. The molecule has 0 aliphatic heterocycles. The molecule has 108 valence electrons. The van der Waals surface area contributed by atoms with Crippen LogP contribution in [0.15, 0.2) is 29.6 Å². The zero-order valence-corrected chi connectivity index (χ0v) is 12.1. The van der Waals surface area contributed by atoms with Gasteiger partial charge in [-0.25, -0.2) is 4.98 Å². The average Bonchev–Trinajstić information content (AvgIpc) is 2.88. The average molecular weight is 298 g/mol. The second-order valence-electron chi connectivity index (χ2n) is 4.40. The van der Waals surface area contributed by atoms with E-state index in [4.69, 9.17) is 0 Å². The van der Waals surface area contributed by atoms with Crippen molar-refractivity contribution >= 4 is 11.3 Å². The van der Waals surface area contributed by atoms with Gasteiger partial charge < -0.3 is 10.1 Å². The third-order valence-electron chi connectivity index (χ3n) is 2.83. The maximum atomic E-state index is 12.4. The van der Waals surface area contributed by atoms with E-state index in [1.165, 1.54) is 17.4 Å². The van der Waals surface area contributed by atoms with E-state index < -0.39 is 6.61 Å². The van der Waals surface area contributed by atoms with Crippen molar-refractivity contribution in [2.45, 2.75) is 19.5 Å². The fourth-order valence-electron chi connectivity index (χ4n) is 1.91. The van der Waals surface area contributed by atoms with Crippen molar-refractivity contribution in [2.75, 3.05) is 13.6 Å². The van der Waals surface area contributed by atoms with Crippen LogP contribution in [0, 0.1) is 0 Å². The van der Waals surface area contributed by atoms with Crippen LogP contribution in [0.2, 0.25) is 0 Å². The number of nitrogens with one attached hydrogen (secondary N) is 1. The number of hydrogen-bond donors (Lipinski definition) is 1. The predicted molar refractivity (Wildman–Crippen MR) is 76.5 cm³/mol. The summed E-state index contributed by atoms with van der Waals surface area (Å²) in [5.74, 6) is 0.433. The third kappa shape index (κ3) is 3.52. The van der Waals surface area contributed by atoms with E-state index in [0.29, 0.717) is 11.3 Å². The SMILES string of the molecule is CNCC(C)c1nc(-c2ccccc2OC(F)F)cs1. The predicted octanol–water partition coefficient (Wildman–Crippen LogP) is 3.73. The molecule has 0 radical (unpaired) electrons. The molecular weight excluding hydrogens is 282 g/mol. The van der Waals surface area contributed by atoms with Crippen molar-refractivity contribution < 1.29 is 13.5 Å². The van der Waals surface area contributed by atoms with Crippen LogP contribution >= 0.6 is 11.3 Å². The number of alkyl halides is 2. The fourth-order valence-corrected chi connectivity index (χ4v) is 2.79. The highest BCUT2D eigenvalue weighted by atomic mass is 32.1. The zero-order chi connectivity index (χ0) is 14.5. The normalized spacial score (nSPS) is 12.7. The van der Waals surface area contributed by atoms with Crippen molar-refractivity contribution in [1.29, 1.82) is 0 Å². The first-order valence-electron chi connectivity index (χ1n) is 6.26. The number of thiazole rings is 1. The Morgan fingerprint density at radius 2 is 2.10 bits per heavy atom. The number of aromatic nitrogens is 1. The molecule has 2 rings (SSSR count). The minimum absolute atomic E-state index is 0.153. The Morgan fingerprint density at radius 3 is 2.80 bits per heavy atom. The topological polar surface area (TPSA) is 34.2 Å². The lowest BCUT2D eigenvalue weighted by Crippen LogP contribution is -2.14. The summed E-state index contributed by atoms with van der Waals surface area (Å²) in [6.45, 7) is 0.0560. The number of hydrogen-bond acceptors (Lipinski definition) is 4. The minimum Gasteiger partial charge on any atom is -0.434 e. The lowest BCUT2D eigenvalue weighted by molar-refractivity contribution is -0.0494. The van der Waals surface area contributed by atoms with Gasteiger partial charge in [-0.05, 0) is 19.2 Å². The molecule has 0 saturated heterocycles. The van der Waals surface area contributed by atoms with Crippen LogP contribution in [-0.2, 0) is 0 Å². The molecule has 0 saturated carbocycles. The van der Waals surface area contributed by atoms with Crippen molar-refractivity contribution in [3.63, 3.8) is 0 Å². The maximum absolute atomic E-state index is 12.4. The van der Waals surface area contributed by atoms with Crippen LogP contribution in [0.25, 0.3) is 11.3 Å². The first kappa shape index (κ1) is 14.9. The van der Waals surface area contributed by atoms with Gasteiger partial charge in [0.1, 0.15) is 5.75 Å². The van der Waals surface area contributed by atoms with Crippen LogP contribution < -0.4 is 10.1 Å². The van der Waals surface area contributed by atoms with Crippen LogP contribution in [0.5, 0.6) is 5.75 Å². The van der Waals surface area contributed by atoms with Gasteiger partial charge in [-0.3, -0.25) is 0 Å². The van der Waals surface area contributed by atoms with E-state index in [1.807, 2.05) is 12.4 Å². The van der Waals surface area contributed by atoms with Gasteiger partial charge in [-0.1, -0.05) is 19.1 Å². The molecule has 20 heavy (non-hydrogen) atoms. The Balaban J connectivity index is 2.28. The number of likely N-dealkylation sites (N-methyl/N-ethyl adjacent to an activating group) is 1. The van der Waals surface area contributed by atoms with Gasteiger partial charge in [0, 0.05) is 23.4 Å². The standard InChI is InChI=1S/C14H16F2N2OS/c1-9(7-17-2)13-18-11(8-20-13)10-5-3-4-6-12(10)19-14(15)16/h3-6,8-9,14,17H,7H2,1-2H3. The maximum Gasteiger partial charge on any atom is 0.387 e. The minimum atomic E-state index is -2.84. The Hall–Kier alpha value is -1.53. The molecule has 3 nitrogen and oxygen atoms in total. The summed E-state index contributed by atoms with van der Waals surface area (Å²) in [5.41, 5.74) is 1.26. The van der Waals surface area contributed by atoms with Crippen molar-refractivity contribution in [3.8, 4) is 17.0 Å². The van der Waals surface area contributed by atoms with Gasteiger partial charge in [0.15, 0.2) is 0 Å². The Bertz CT molecular complexity index is 560. The number of rotatable bonds is 6. The first-order valence-corrected chi connectivity index (χ1v) is 7.14. The van der Waals surface area contributed by atoms with E-state index in [-0.39, 0.29) is 11.7 Å². The van der Waals surface area contributed by atoms with Gasteiger partial charge in [0.2, 0.25) is 0 Å². The Morgan fingerprint density at radius 1 is 1.35 bits per heavy atom. The molecule has 1 N–H and O–H groups in total. The number of ether oxygens (including phenoxy) is 1. The van der Waals surface area contributed by atoms with Gasteiger partial charge >= 0.3 is 6.61 Å². The van der Waals surface area contributed by atoms with E-state index in [0.717, 1.165) is 11.6 Å². The largest absolute Gasteiger partial charge is 0.434 e. The van der Waals surface area contributed by atoms with Gasteiger partial charge in [-0.2, -0.15) is 8.78 Å². The van der Waals surface area contributed by atoms with E-state index in [1.54, 1.807) is 18.2 Å². The molecule has 2 aromatic rings. The third-order valence-corrected chi connectivity index (χ3v) is 3.91. The molecular formula is C14H16F2N2OS. The van der Waals surface area contributed by atoms with Crippen molar-refractivity contribution in [1.82, 2.24) is 10.3 Å². The molecule has 1 aromatic heterocycles. The first-order chi connectivity index (χ1) is 9.61. The van der Waals surface area contributed by atoms with Gasteiger partial charge in [0.25, 0.3) is 0 Å². The van der Waals surface area contributed by atoms with Crippen molar-refractivity contribution in [3.05, 3.63) is 34.7 Å². The molecule has 0 fully saturated rings. The summed E-state index contributed by atoms with van der Waals surface area (Å²) in [6, 6.07) is 6.71. The van der Waals surface area contributed by atoms with Crippen LogP contribution in [0.4, 0.5) is 8.78 Å². The summed E-state index contributed by atoms with van der Waals surface area (Å²) < 4.78 is 29.3. The smallest absolute Gasteiger partial charge is 0.387 e. The van der Waals surface area contributed by atoms with Crippen LogP contribution in [-0.4, -0.2) is 25.2 Å². The number of halogens is 2. The van der Waals surface area contributed by atoms with E-state index in [9.17, 15) is 8.78 Å². The summed E-state index contributed by atoms with van der Waals surface area (Å²) in [4.78, 5) is 4.52. The number of benzene rings is 1. The summed E-state index contributed by atoms with van der Waals surface area (Å²) in [7, 11) is 1.89. The highest BCUT2D eigenvalue weighted by molar-refractivity contribution is 7.10. The second kappa shape index (κ2) is 6.76. The second-order valence-corrected chi connectivity index (χ2v) is 5.29. The summed E-state index contributed by atoms with van der Waals surface area (Å²) >= 11 is 1.53. The fraction of sp³-hybridized carbons (Fsp3) is 0.357. The molecule has 0 bridgehead atoms. The molecule has 1 aromatic carbocycles. The molecule has 1 heterocycles.